The van der Waals surface area contributed by atoms with Crippen molar-refractivity contribution in [1.29, 1.82) is 0 Å². The number of aromatic carboxylic acids is 1. The molecule has 1 N–H and O–H groups in total. The van der Waals surface area contributed by atoms with Gasteiger partial charge >= 0.3 is 5.97 Å². The van der Waals surface area contributed by atoms with Gasteiger partial charge in [0.2, 0.25) is 0 Å². The van der Waals surface area contributed by atoms with Crippen molar-refractivity contribution < 1.29 is 19.1 Å². The summed E-state index contributed by atoms with van der Waals surface area (Å²) in [4.78, 5) is 13.5. The number of carbonyl (C=O) groups is 1. The second-order valence-corrected chi connectivity index (χ2v) is 7.74. The highest BCUT2D eigenvalue weighted by Crippen LogP contribution is 2.32. The summed E-state index contributed by atoms with van der Waals surface area (Å²) in [6.45, 7) is 4.96. The highest BCUT2D eigenvalue weighted by Gasteiger charge is 2.28. The highest BCUT2D eigenvalue weighted by atomic mass is 16.5. The van der Waals surface area contributed by atoms with Gasteiger partial charge in [0.05, 0.1) is 12.1 Å². The van der Waals surface area contributed by atoms with Crippen LogP contribution in [0.3, 0.4) is 0 Å². The molecule has 0 radical (unpaired) electrons. The van der Waals surface area contributed by atoms with Crippen molar-refractivity contribution in [1.82, 2.24) is 4.90 Å². The Morgan fingerprint density at radius 3 is 2.56 bits per heavy atom. The van der Waals surface area contributed by atoms with E-state index in [4.69, 9.17) is 14.3 Å². The van der Waals surface area contributed by atoms with Crippen molar-refractivity contribution in [3.63, 3.8) is 0 Å². The van der Waals surface area contributed by atoms with Crippen LogP contribution < -0.4 is 0 Å². The molecule has 3 heterocycles. The fourth-order valence-electron chi connectivity index (χ4n) is 4.42. The first-order valence-electron chi connectivity index (χ1n) is 9.91. The molecular weight excluding hydrogens is 342 g/mol. The van der Waals surface area contributed by atoms with E-state index >= 15 is 0 Å². The van der Waals surface area contributed by atoms with Crippen LogP contribution in [0, 0.1) is 11.8 Å². The molecule has 0 saturated carbocycles. The summed E-state index contributed by atoms with van der Waals surface area (Å²) in [6.07, 6.45) is 5.00. The average Bonchev–Trinajstić information content (AvgIpc) is 3.17. The van der Waals surface area contributed by atoms with Crippen LogP contribution in [0.2, 0.25) is 0 Å². The summed E-state index contributed by atoms with van der Waals surface area (Å²) < 4.78 is 11.6. The van der Waals surface area contributed by atoms with E-state index in [0.29, 0.717) is 0 Å². The van der Waals surface area contributed by atoms with Crippen LogP contribution in [0.1, 0.15) is 41.8 Å². The Balaban J connectivity index is 1.37. The summed E-state index contributed by atoms with van der Waals surface area (Å²) in [6, 6.07) is 10.8. The van der Waals surface area contributed by atoms with E-state index in [-0.39, 0.29) is 5.56 Å². The Bertz CT molecular complexity index is 761. The van der Waals surface area contributed by atoms with E-state index in [1.807, 2.05) is 12.1 Å². The van der Waals surface area contributed by atoms with E-state index in [9.17, 15) is 4.79 Å². The fourth-order valence-corrected chi connectivity index (χ4v) is 4.42. The summed E-state index contributed by atoms with van der Waals surface area (Å²) in [5.74, 6) is 2.44. The second kappa shape index (κ2) is 8.28. The number of furan rings is 1. The SMILES string of the molecule is O=C(O)c1ccc(-c2ccc(CN3CCCC(C4CCOCC4)C3)o2)cc1. The molecule has 5 nitrogen and oxygen atoms in total. The third-order valence-corrected chi connectivity index (χ3v) is 5.93. The van der Waals surface area contributed by atoms with Gasteiger partial charge < -0.3 is 14.3 Å². The number of benzene rings is 1. The number of ether oxygens (including phenoxy) is 1. The Hall–Kier alpha value is -2.11. The largest absolute Gasteiger partial charge is 0.478 e. The van der Waals surface area contributed by atoms with Gasteiger partial charge in [0, 0.05) is 25.3 Å². The maximum Gasteiger partial charge on any atom is 0.335 e. The summed E-state index contributed by atoms with van der Waals surface area (Å²) >= 11 is 0. The predicted molar refractivity (Wildman–Crippen MR) is 103 cm³/mol. The molecular formula is C22H27NO4. The first-order chi connectivity index (χ1) is 13.2. The van der Waals surface area contributed by atoms with Crippen LogP contribution >= 0.6 is 0 Å². The monoisotopic (exact) mass is 369 g/mol. The lowest BCUT2D eigenvalue weighted by Crippen LogP contribution is -2.39. The molecule has 2 aliphatic heterocycles. The number of piperidine rings is 1. The molecule has 0 aliphatic carbocycles. The molecule has 0 bridgehead atoms. The minimum atomic E-state index is -0.911. The molecule has 2 fully saturated rings. The van der Waals surface area contributed by atoms with Gasteiger partial charge in [-0.05, 0) is 68.3 Å². The van der Waals surface area contributed by atoms with Gasteiger partial charge in [0.15, 0.2) is 0 Å². The first-order valence-corrected chi connectivity index (χ1v) is 9.91. The zero-order valence-electron chi connectivity index (χ0n) is 15.6. The van der Waals surface area contributed by atoms with Gasteiger partial charge in [-0.25, -0.2) is 4.79 Å². The van der Waals surface area contributed by atoms with Gasteiger partial charge in [-0.15, -0.1) is 0 Å². The zero-order chi connectivity index (χ0) is 18.6. The molecule has 2 aromatic rings. The first kappa shape index (κ1) is 18.3. The third kappa shape index (κ3) is 4.42. The lowest BCUT2D eigenvalue weighted by atomic mass is 9.81. The van der Waals surface area contributed by atoms with Crippen LogP contribution in [0.5, 0.6) is 0 Å². The van der Waals surface area contributed by atoms with Crippen LogP contribution in [0.25, 0.3) is 11.3 Å². The predicted octanol–water partition coefficient (Wildman–Crippen LogP) is 4.28. The molecule has 0 amide bonds. The van der Waals surface area contributed by atoms with Gasteiger partial charge in [-0.1, -0.05) is 12.1 Å². The van der Waals surface area contributed by atoms with Gasteiger partial charge in [0.1, 0.15) is 11.5 Å². The molecule has 2 saturated heterocycles. The molecule has 1 aromatic carbocycles. The molecule has 2 aliphatic rings. The van der Waals surface area contributed by atoms with Crippen molar-refractivity contribution >= 4 is 5.97 Å². The van der Waals surface area contributed by atoms with Gasteiger partial charge in [0.25, 0.3) is 0 Å². The van der Waals surface area contributed by atoms with Crippen LogP contribution in [-0.2, 0) is 11.3 Å². The standard InChI is InChI=1S/C22H27NO4/c24-22(25)18-5-3-17(4-6-18)21-8-7-20(27-21)15-23-11-1-2-19(14-23)16-9-12-26-13-10-16/h3-8,16,19H,1-2,9-15H2,(H,24,25). The number of rotatable bonds is 5. The second-order valence-electron chi connectivity index (χ2n) is 7.74. The van der Waals surface area contributed by atoms with E-state index in [0.717, 1.165) is 61.8 Å². The Labute approximate surface area is 159 Å². The van der Waals surface area contributed by atoms with Crippen molar-refractivity contribution in [3.8, 4) is 11.3 Å². The third-order valence-electron chi connectivity index (χ3n) is 5.93. The number of hydrogen-bond donors (Lipinski definition) is 1. The number of carboxylic acids is 1. The molecule has 144 valence electrons. The minimum Gasteiger partial charge on any atom is -0.478 e. The molecule has 27 heavy (non-hydrogen) atoms. The molecule has 1 atom stereocenters. The quantitative estimate of drug-likeness (QED) is 0.852. The smallest absolute Gasteiger partial charge is 0.335 e. The molecule has 1 aromatic heterocycles. The number of hydrogen-bond acceptors (Lipinski definition) is 4. The maximum atomic E-state index is 11.0. The van der Waals surface area contributed by atoms with Crippen molar-refractivity contribution in [2.24, 2.45) is 11.8 Å². The Morgan fingerprint density at radius 1 is 1.04 bits per heavy atom. The average molecular weight is 369 g/mol. The van der Waals surface area contributed by atoms with Gasteiger partial charge in [-0.3, -0.25) is 4.90 Å². The lowest BCUT2D eigenvalue weighted by molar-refractivity contribution is 0.0244. The maximum absolute atomic E-state index is 11.0. The summed E-state index contributed by atoms with van der Waals surface area (Å²) in [7, 11) is 0. The molecule has 1 unspecified atom stereocenters. The fraction of sp³-hybridized carbons (Fsp3) is 0.500. The normalized spacial score (nSPS) is 22.0. The van der Waals surface area contributed by atoms with Gasteiger partial charge in [-0.2, -0.15) is 0 Å². The Kier molecular flexibility index (Phi) is 5.60. The molecule has 4 rings (SSSR count). The number of nitrogens with zero attached hydrogens (tertiary/aromatic N) is 1. The van der Waals surface area contributed by atoms with E-state index in [1.165, 1.54) is 25.7 Å². The Morgan fingerprint density at radius 2 is 1.81 bits per heavy atom. The van der Waals surface area contributed by atoms with E-state index in [1.54, 1.807) is 24.3 Å². The van der Waals surface area contributed by atoms with Crippen molar-refractivity contribution in [2.75, 3.05) is 26.3 Å². The zero-order valence-corrected chi connectivity index (χ0v) is 15.6. The van der Waals surface area contributed by atoms with Crippen LogP contribution in [0.15, 0.2) is 40.8 Å². The van der Waals surface area contributed by atoms with Crippen molar-refractivity contribution in [2.45, 2.75) is 32.2 Å². The number of likely N-dealkylation sites (tertiary alicyclic amines) is 1. The van der Waals surface area contributed by atoms with Crippen LogP contribution in [0.4, 0.5) is 0 Å². The molecule has 5 heteroatoms. The minimum absolute atomic E-state index is 0.290. The van der Waals surface area contributed by atoms with Crippen molar-refractivity contribution in [3.05, 3.63) is 47.7 Å². The van der Waals surface area contributed by atoms with E-state index < -0.39 is 5.97 Å². The summed E-state index contributed by atoms with van der Waals surface area (Å²) in [5.41, 5.74) is 1.20. The van der Waals surface area contributed by atoms with Crippen LogP contribution in [-0.4, -0.2) is 42.3 Å². The molecule has 0 spiro atoms. The highest BCUT2D eigenvalue weighted by molar-refractivity contribution is 5.88. The topological polar surface area (TPSA) is 62.9 Å². The summed E-state index contributed by atoms with van der Waals surface area (Å²) in [5, 5.41) is 9.01. The van der Waals surface area contributed by atoms with E-state index in [2.05, 4.69) is 4.90 Å². The lowest BCUT2D eigenvalue weighted by Gasteiger charge is -2.38. The number of carboxylic acid groups (broad SMARTS) is 1.